The Labute approximate surface area is 125 Å². The van der Waals surface area contributed by atoms with E-state index in [4.69, 9.17) is 4.74 Å². The van der Waals surface area contributed by atoms with Gasteiger partial charge in [0.1, 0.15) is 12.1 Å². The van der Waals surface area contributed by atoms with Gasteiger partial charge in [0.05, 0.1) is 6.26 Å². The van der Waals surface area contributed by atoms with Crippen molar-refractivity contribution >= 4 is 5.91 Å². The van der Waals surface area contributed by atoms with Crippen LogP contribution in [0.4, 0.5) is 0 Å². The molecule has 2 aliphatic heterocycles. The second-order valence-electron chi connectivity index (χ2n) is 5.75. The number of carbonyl (C=O) groups is 1. The molecular formula is C17H22N2O2. The Morgan fingerprint density at radius 1 is 1.38 bits per heavy atom. The second-order valence-corrected chi connectivity index (χ2v) is 5.75. The van der Waals surface area contributed by atoms with Crippen LogP contribution in [0.25, 0.3) is 0 Å². The van der Waals surface area contributed by atoms with Gasteiger partial charge in [-0.25, -0.2) is 0 Å². The largest absolute Gasteiger partial charge is 0.497 e. The molecule has 0 bridgehead atoms. The van der Waals surface area contributed by atoms with E-state index in [1.807, 2.05) is 12.1 Å². The Kier molecular flexibility index (Phi) is 4.25. The van der Waals surface area contributed by atoms with Gasteiger partial charge in [-0.05, 0) is 37.0 Å². The summed E-state index contributed by atoms with van der Waals surface area (Å²) in [4.78, 5) is 14.6. The highest BCUT2D eigenvalue weighted by Crippen LogP contribution is 2.27. The maximum Gasteiger partial charge on any atom is 0.242 e. The molecule has 4 heteroatoms. The molecule has 2 atom stereocenters. The van der Waals surface area contributed by atoms with Crippen LogP contribution in [-0.2, 0) is 9.53 Å². The van der Waals surface area contributed by atoms with Crippen molar-refractivity contribution in [3.05, 3.63) is 47.7 Å². The molecule has 2 aliphatic rings. The molecule has 0 radical (unpaired) electrons. The van der Waals surface area contributed by atoms with Crippen molar-refractivity contribution in [2.75, 3.05) is 19.6 Å². The van der Waals surface area contributed by atoms with Crippen LogP contribution >= 0.6 is 0 Å². The standard InChI is InChI=1S/C17H22N2O2/c1-13-6-2-3-8-15(13)16-17(20)18-9-10-19(16)12-14-7-4-5-11-21-14/h2-3,5-6,8,11,14,16H,4,7,9-10,12H2,1H3,(H,18,20)/t14-,16+/m0/s1. The van der Waals surface area contributed by atoms with Crippen molar-refractivity contribution in [2.45, 2.75) is 31.9 Å². The molecule has 0 aromatic heterocycles. The first kappa shape index (κ1) is 14.1. The molecule has 21 heavy (non-hydrogen) atoms. The molecule has 2 heterocycles. The van der Waals surface area contributed by atoms with Crippen LogP contribution in [0.2, 0.25) is 0 Å². The van der Waals surface area contributed by atoms with E-state index in [2.05, 4.69) is 35.3 Å². The SMILES string of the molecule is Cc1ccccc1[C@@H]1C(=O)NCCN1C[C@@H]1CCC=CO1. The van der Waals surface area contributed by atoms with Crippen LogP contribution < -0.4 is 5.32 Å². The quantitative estimate of drug-likeness (QED) is 0.926. The van der Waals surface area contributed by atoms with E-state index >= 15 is 0 Å². The zero-order valence-electron chi connectivity index (χ0n) is 12.4. The Bertz CT molecular complexity index is 541. The predicted octanol–water partition coefficient (Wildman–Crippen LogP) is 2.16. The minimum atomic E-state index is -0.200. The van der Waals surface area contributed by atoms with E-state index in [0.717, 1.165) is 37.1 Å². The monoisotopic (exact) mass is 286 g/mol. The van der Waals surface area contributed by atoms with Crippen molar-refractivity contribution in [3.8, 4) is 0 Å². The molecule has 112 valence electrons. The molecule has 0 aliphatic carbocycles. The summed E-state index contributed by atoms with van der Waals surface area (Å²) < 4.78 is 5.68. The fraction of sp³-hybridized carbons (Fsp3) is 0.471. The van der Waals surface area contributed by atoms with Crippen LogP contribution in [0, 0.1) is 6.92 Å². The van der Waals surface area contributed by atoms with Crippen LogP contribution in [0.5, 0.6) is 0 Å². The molecule has 1 aromatic rings. The fourth-order valence-electron chi connectivity index (χ4n) is 3.12. The van der Waals surface area contributed by atoms with Gasteiger partial charge < -0.3 is 10.1 Å². The second kappa shape index (κ2) is 6.31. The number of rotatable bonds is 3. The smallest absolute Gasteiger partial charge is 0.242 e. The van der Waals surface area contributed by atoms with Crippen LogP contribution in [0.15, 0.2) is 36.6 Å². The van der Waals surface area contributed by atoms with E-state index in [9.17, 15) is 4.79 Å². The first-order chi connectivity index (χ1) is 10.3. The summed E-state index contributed by atoms with van der Waals surface area (Å²) >= 11 is 0. The average Bonchev–Trinajstić information content (AvgIpc) is 2.50. The van der Waals surface area contributed by atoms with Crippen LogP contribution in [0.1, 0.15) is 30.0 Å². The maximum atomic E-state index is 12.4. The molecule has 1 fully saturated rings. The Hall–Kier alpha value is -1.81. The Balaban J connectivity index is 1.81. The summed E-state index contributed by atoms with van der Waals surface area (Å²) in [7, 11) is 0. The maximum absolute atomic E-state index is 12.4. The van der Waals surface area contributed by atoms with Gasteiger partial charge >= 0.3 is 0 Å². The highest BCUT2D eigenvalue weighted by Gasteiger charge is 2.33. The lowest BCUT2D eigenvalue weighted by Gasteiger charge is -2.38. The number of amides is 1. The topological polar surface area (TPSA) is 41.6 Å². The van der Waals surface area contributed by atoms with Crippen molar-refractivity contribution < 1.29 is 9.53 Å². The Morgan fingerprint density at radius 2 is 2.24 bits per heavy atom. The van der Waals surface area contributed by atoms with Crippen LogP contribution in [-0.4, -0.2) is 36.5 Å². The minimum Gasteiger partial charge on any atom is -0.497 e. The van der Waals surface area contributed by atoms with Gasteiger partial charge in [0.2, 0.25) is 5.91 Å². The molecule has 1 saturated heterocycles. The lowest BCUT2D eigenvalue weighted by atomic mass is 9.97. The molecule has 0 saturated carbocycles. The zero-order valence-corrected chi connectivity index (χ0v) is 12.4. The molecule has 1 amide bonds. The van der Waals surface area contributed by atoms with E-state index in [1.54, 1.807) is 6.26 Å². The highest BCUT2D eigenvalue weighted by molar-refractivity contribution is 5.84. The number of nitrogens with one attached hydrogen (secondary N) is 1. The summed E-state index contributed by atoms with van der Waals surface area (Å²) in [6.45, 7) is 4.45. The normalized spacial score (nSPS) is 26.2. The van der Waals surface area contributed by atoms with Gasteiger partial charge in [0.15, 0.2) is 0 Å². The lowest BCUT2D eigenvalue weighted by molar-refractivity contribution is -0.130. The zero-order chi connectivity index (χ0) is 14.7. The third-order valence-electron chi connectivity index (χ3n) is 4.26. The first-order valence-corrected chi connectivity index (χ1v) is 7.63. The molecule has 1 aromatic carbocycles. The number of hydrogen-bond acceptors (Lipinski definition) is 3. The molecule has 3 rings (SSSR count). The third kappa shape index (κ3) is 3.10. The van der Waals surface area contributed by atoms with E-state index < -0.39 is 0 Å². The number of aryl methyl sites for hydroxylation is 1. The summed E-state index contributed by atoms with van der Waals surface area (Å²) in [5.41, 5.74) is 2.26. The van der Waals surface area contributed by atoms with Crippen molar-refractivity contribution in [1.29, 1.82) is 0 Å². The molecule has 0 spiro atoms. The number of ether oxygens (including phenoxy) is 1. The summed E-state index contributed by atoms with van der Waals surface area (Å²) in [6.07, 6.45) is 6.11. The number of benzene rings is 1. The van der Waals surface area contributed by atoms with Gasteiger partial charge in [-0.15, -0.1) is 0 Å². The van der Waals surface area contributed by atoms with Crippen molar-refractivity contribution in [2.24, 2.45) is 0 Å². The van der Waals surface area contributed by atoms with Gasteiger partial charge in [-0.1, -0.05) is 24.3 Å². The summed E-state index contributed by atoms with van der Waals surface area (Å²) in [5.74, 6) is 0.0990. The van der Waals surface area contributed by atoms with Crippen molar-refractivity contribution in [1.82, 2.24) is 10.2 Å². The number of nitrogens with zero attached hydrogens (tertiary/aromatic N) is 1. The summed E-state index contributed by atoms with van der Waals surface area (Å²) in [5, 5.41) is 2.99. The minimum absolute atomic E-state index is 0.0990. The number of carbonyl (C=O) groups excluding carboxylic acids is 1. The molecular weight excluding hydrogens is 264 g/mol. The third-order valence-corrected chi connectivity index (χ3v) is 4.26. The van der Waals surface area contributed by atoms with Gasteiger partial charge in [0.25, 0.3) is 0 Å². The van der Waals surface area contributed by atoms with Gasteiger partial charge in [-0.2, -0.15) is 0 Å². The number of piperazine rings is 1. The predicted molar refractivity (Wildman–Crippen MR) is 81.7 cm³/mol. The van der Waals surface area contributed by atoms with E-state index in [-0.39, 0.29) is 18.1 Å². The molecule has 1 N–H and O–H groups in total. The van der Waals surface area contributed by atoms with E-state index in [0.29, 0.717) is 6.54 Å². The highest BCUT2D eigenvalue weighted by atomic mass is 16.5. The average molecular weight is 286 g/mol. The van der Waals surface area contributed by atoms with Gasteiger partial charge in [-0.3, -0.25) is 9.69 Å². The fourth-order valence-corrected chi connectivity index (χ4v) is 3.12. The first-order valence-electron chi connectivity index (χ1n) is 7.63. The lowest BCUT2D eigenvalue weighted by Crippen LogP contribution is -2.52. The van der Waals surface area contributed by atoms with Crippen LogP contribution in [0.3, 0.4) is 0 Å². The molecule has 4 nitrogen and oxygen atoms in total. The summed E-state index contributed by atoms with van der Waals surface area (Å²) in [6, 6.07) is 7.94. The van der Waals surface area contributed by atoms with E-state index in [1.165, 1.54) is 0 Å². The van der Waals surface area contributed by atoms with Crippen molar-refractivity contribution in [3.63, 3.8) is 0 Å². The number of hydrogen-bond donors (Lipinski definition) is 1. The van der Waals surface area contributed by atoms with Gasteiger partial charge in [0, 0.05) is 19.6 Å². The number of allylic oxidation sites excluding steroid dienone is 1. The Morgan fingerprint density at radius 3 is 3.00 bits per heavy atom. The molecule has 0 unspecified atom stereocenters.